The summed E-state index contributed by atoms with van der Waals surface area (Å²) in [6, 6.07) is 8.24. The van der Waals surface area contributed by atoms with Gasteiger partial charge in [-0.2, -0.15) is 0 Å². The van der Waals surface area contributed by atoms with Crippen LogP contribution in [0, 0.1) is 0 Å². The fraction of sp³-hybridized carbons (Fsp3) is 0.647. The van der Waals surface area contributed by atoms with E-state index in [9.17, 15) is 0 Å². The SMILES string of the molecule is CC(C)c1ccc([Si](F)(C(C)(C)C)C(C)(C)C)cc1. The smallest absolute Gasteiger partial charge is 0.288 e. The summed E-state index contributed by atoms with van der Waals surface area (Å²) in [7, 11) is -3.09. The molecule has 0 heterocycles. The van der Waals surface area contributed by atoms with Gasteiger partial charge in [-0.15, -0.1) is 0 Å². The van der Waals surface area contributed by atoms with Gasteiger partial charge in [0.1, 0.15) is 0 Å². The maximum atomic E-state index is 16.0. The molecule has 0 N–H and O–H groups in total. The van der Waals surface area contributed by atoms with Gasteiger partial charge in [-0.25, -0.2) is 0 Å². The lowest BCUT2D eigenvalue weighted by Crippen LogP contribution is -2.57. The lowest BCUT2D eigenvalue weighted by atomic mass is 10.0. The van der Waals surface area contributed by atoms with E-state index in [0.717, 1.165) is 5.19 Å². The van der Waals surface area contributed by atoms with Crippen LogP contribution in [0.2, 0.25) is 10.1 Å². The van der Waals surface area contributed by atoms with Crippen LogP contribution in [0.5, 0.6) is 0 Å². The molecule has 108 valence electrons. The molecule has 2 heteroatoms. The van der Waals surface area contributed by atoms with Crippen LogP contribution >= 0.6 is 0 Å². The molecule has 0 spiro atoms. The van der Waals surface area contributed by atoms with Gasteiger partial charge in [0.15, 0.2) is 0 Å². The normalized spacial score (nSPS) is 14.0. The van der Waals surface area contributed by atoms with Crippen molar-refractivity contribution in [2.75, 3.05) is 0 Å². The molecule has 1 rings (SSSR count). The highest BCUT2D eigenvalue weighted by atomic mass is 28.4. The van der Waals surface area contributed by atoms with E-state index in [0.29, 0.717) is 5.92 Å². The minimum atomic E-state index is -3.09. The predicted molar refractivity (Wildman–Crippen MR) is 86.5 cm³/mol. The highest BCUT2D eigenvalue weighted by Gasteiger charge is 2.56. The molecule has 1 aromatic carbocycles. The highest BCUT2D eigenvalue weighted by molar-refractivity contribution is 6.90. The van der Waals surface area contributed by atoms with Crippen LogP contribution in [0.4, 0.5) is 4.11 Å². The van der Waals surface area contributed by atoms with Crippen LogP contribution in [-0.2, 0) is 0 Å². The second-order valence-corrected chi connectivity index (χ2v) is 12.8. The van der Waals surface area contributed by atoms with Crippen molar-refractivity contribution in [1.82, 2.24) is 0 Å². The Balaban J connectivity index is 3.36. The Labute approximate surface area is 119 Å². The average Bonchev–Trinajstić information content (AvgIpc) is 2.25. The van der Waals surface area contributed by atoms with Crippen LogP contribution < -0.4 is 5.19 Å². The summed E-state index contributed by atoms with van der Waals surface area (Å²) in [5, 5.41) is 0.326. The molecular weight excluding hydrogens is 251 g/mol. The van der Waals surface area contributed by atoms with Gasteiger partial charge >= 0.3 is 0 Å². The molecule has 19 heavy (non-hydrogen) atoms. The van der Waals surface area contributed by atoms with Gasteiger partial charge in [0.05, 0.1) is 0 Å². The van der Waals surface area contributed by atoms with Crippen molar-refractivity contribution in [2.45, 2.75) is 71.4 Å². The monoisotopic (exact) mass is 280 g/mol. The van der Waals surface area contributed by atoms with Gasteiger partial charge < -0.3 is 4.11 Å². The van der Waals surface area contributed by atoms with Gasteiger partial charge in [-0.3, -0.25) is 0 Å². The average molecular weight is 281 g/mol. The third kappa shape index (κ3) is 2.94. The summed E-state index contributed by atoms with van der Waals surface area (Å²) in [4.78, 5) is 0. The zero-order chi connectivity index (χ0) is 15.1. The van der Waals surface area contributed by atoms with Gasteiger partial charge in [0.2, 0.25) is 0 Å². The second kappa shape index (κ2) is 5.04. The van der Waals surface area contributed by atoms with E-state index in [1.54, 1.807) is 0 Å². The molecule has 0 aliphatic carbocycles. The van der Waals surface area contributed by atoms with Crippen molar-refractivity contribution in [1.29, 1.82) is 0 Å². The fourth-order valence-corrected chi connectivity index (χ4v) is 7.70. The largest absolute Gasteiger partial charge is 0.307 e. The predicted octanol–water partition coefficient (Wildman–Crippen LogP) is 5.53. The third-order valence-corrected chi connectivity index (χ3v) is 9.30. The van der Waals surface area contributed by atoms with Crippen molar-refractivity contribution < 1.29 is 4.11 Å². The summed E-state index contributed by atoms with van der Waals surface area (Å²) in [5.41, 5.74) is 1.28. The molecule has 0 nitrogen and oxygen atoms in total. The van der Waals surface area contributed by atoms with Crippen LogP contribution in [0.3, 0.4) is 0 Å². The van der Waals surface area contributed by atoms with E-state index in [-0.39, 0.29) is 10.1 Å². The van der Waals surface area contributed by atoms with Crippen LogP contribution in [-0.4, -0.2) is 8.41 Å². The van der Waals surface area contributed by atoms with Gasteiger partial charge in [-0.05, 0) is 26.7 Å². The van der Waals surface area contributed by atoms with Gasteiger partial charge in [0.25, 0.3) is 8.41 Å². The van der Waals surface area contributed by atoms with Crippen molar-refractivity contribution in [3.8, 4) is 0 Å². The summed E-state index contributed by atoms with van der Waals surface area (Å²) in [6.45, 7) is 16.6. The Morgan fingerprint density at radius 2 is 1.21 bits per heavy atom. The molecule has 0 amide bonds. The minimum absolute atomic E-state index is 0.301. The first-order chi connectivity index (χ1) is 8.41. The maximum Gasteiger partial charge on any atom is 0.288 e. The maximum absolute atomic E-state index is 16.0. The van der Waals surface area contributed by atoms with E-state index in [1.165, 1.54) is 5.56 Å². The van der Waals surface area contributed by atoms with Crippen LogP contribution in [0.25, 0.3) is 0 Å². The number of rotatable bonds is 2. The molecule has 0 radical (unpaired) electrons. The van der Waals surface area contributed by atoms with E-state index in [4.69, 9.17) is 0 Å². The first-order valence-electron chi connectivity index (χ1n) is 7.20. The number of benzene rings is 1. The number of halogens is 1. The lowest BCUT2D eigenvalue weighted by molar-refractivity contribution is 0.535. The highest BCUT2D eigenvalue weighted by Crippen LogP contribution is 2.51. The molecular formula is C17H29FSi. The fourth-order valence-electron chi connectivity index (χ4n) is 3.09. The molecule has 0 saturated heterocycles. The second-order valence-electron chi connectivity index (χ2n) is 7.94. The molecule has 0 atom stereocenters. The quantitative estimate of drug-likeness (QED) is 0.493. The van der Waals surface area contributed by atoms with E-state index < -0.39 is 8.41 Å². The van der Waals surface area contributed by atoms with Gasteiger partial charge in [-0.1, -0.05) is 79.7 Å². The van der Waals surface area contributed by atoms with Crippen molar-refractivity contribution in [2.24, 2.45) is 0 Å². The molecule has 0 aromatic heterocycles. The summed E-state index contributed by atoms with van der Waals surface area (Å²) in [5.74, 6) is 0.494. The Morgan fingerprint density at radius 3 is 1.47 bits per heavy atom. The molecule has 0 unspecified atom stereocenters. The van der Waals surface area contributed by atoms with Crippen LogP contribution in [0.15, 0.2) is 24.3 Å². The summed E-state index contributed by atoms with van der Waals surface area (Å²) >= 11 is 0. The molecule has 0 bridgehead atoms. The Hall–Kier alpha value is -0.633. The Kier molecular flexibility index (Phi) is 4.36. The van der Waals surface area contributed by atoms with Crippen LogP contribution in [0.1, 0.15) is 66.9 Å². The first-order valence-corrected chi connectivity index (χ1v) is 9.08. The first kappa shape index (κ1) is 16.4. The topological polar surface area (TPSA) is 0 Å². The third-order valence-electron chi connectivity index (χ3n) is 4.04. The van der Waals surface area contributed by atoms with Crippen molar-refractivity contribution in [3.63, 3.8) is 0 Å². The zero-order valence-electron chi connectivity index (χ0n) is 13.8. The molecule has 1 aromatic rings. The minimum Gasteiger partial charge on any atom is -0.307 e. The van der Waals surface area contributed by atoms with Crippen molar-refractivity contribution in [3.05, 3.63) is 29.8 Å². The molecule has 0 aliphatic rings. The standard InChI is InChI=1S/C17H29FSi/c1-13(2)14-9-11-15(12-10-14)19(18,16(3,4)5)17(6,7)8/h9-13H,1-8H3. The number of hydrogen-bond acceptors (Lipinski definition) is 0. The molecule has 0 saturated carbocycles. The zero-order valence-corrected chi connectivity index (χ0v) is 14.8. The molecule has 0 fully saturated rings. The Morgan fingerprint density at radius 1 is 0.842 bits per heavy atom. The van der Waals surface area contributed by atoms with E-state index in [1.807, 2.05) is 53.7 Å². The summed E-state index contributed by atoms with van der Waals surface area (Å²) in [6.07, 6.45) is 0. The van der Waals surface area contributed by atoms with E-state index in [2.05, 4.69) is 26.0 Å². The van der Waals surface area contributed by atoms with Crippen molar-refractivity contribution >= 4 is 13.6 Å². The van der Waals surface area contributed by atoms with Gasteiger partial charge in [0, 0.05) is 0 Å². The lowest BCUT2D eigenvalue weighted by Gasteiger charge is -2.45. The van der Waals surface area contributed by atoms with E-state index >= 15 is 4.11 Å². The summed E-state index contributed by atoms with van der Waals surface area (Å²) < 4.78 is 16.0. The molecule has 0 aliphatic heterocycles. The Bertz CT molecular complexity index is 404. The number of hydrogen-bond donors (Lipinski definition) is 0.